The average molecular weight is 588 g/mol. The van der Waals surface area contributed by atoms with E-state index in [1.54, 1.807) is 12.3 Å². The van der Waals surface area contributed by atoms with Crippen LogP contribution in [-0.2, 0) is 13.0 Å². The molecule has 0 aliphatic heterocycles. The minimum absolute atomic E-state index is 0.183. The highest BCUT2D eigenvalue weighted by Gasteiger charge is 2.10. The van der Waals surface area contributed by atoms with Crippen molar-refractivity contribution in [2.75, 3.05) is 0 Å². The number of aromatic nitrogens is 2. The largest absolute Gasteiger partial charge is 0.488 e. The Balaban J connectivity index is 1.60. The van der Waals surface area contributed by atoms with Crippen molar-refractivity contribution < 1.29 is 4.74 Å². The summed E-state index contributed by atoms with van der Waals surface area (Å²) in [6.45, 7) is 2.47. The number of rotatable bonds is 6. The van der Waals surface area contributed by atoms with E-state index in [1.165, 1.54) is 4.68 Å². The summed E-state index contributed by atoms with van der Waals surface area (Å²) < 4.78 is 9.12. The zero-order valence-corrected chi connectivity index (χ0v) is 20.5. The Bertz CT molecular complexity index is 1320. The summed E-state index contributed by atoms with van der Waals surface area (Å²) in [6, 6.07) is 21.4. The minimum atomic E-state index is -0.183. The van der Waals surface area contributed by atoms with Crippen LogP contribution in [0.2, 0.25) is 0 Å². The van der Waals surface area contributed by atoms with Crippen LogP contribution in [0.25, 0.3) is 10.9 Å². The van der Waals surface area contributed by atoms with E-state index < -0.39 is 0 Å². The van der Waals surface area contributed by atoms with Crippen molar-refractivity contribution in [2.24, 2.45) is 5.10 Å². The lowest BCUT2D eigenvalue weighted by Crippen LogP contribution is -2.22. The Hall–Kier alpha value is -2.52. The van der Waals surface area contributed by atoms with E-state index >= 15 is 0 Å². The van der Waals surface area contributed by atoms with Crippen LogP contribution in [0.3, 0.4) is 0 Å². The highest BCUT2D eigenvalue weighted by atomic mass is 127. The van der Waals surface area contributed by atoms with Crippen LogP contribution in [0.5, 0.6) is 5.75 Å². The highest BCUT2D eigenvalue weighted by molar-refractivity contribution is 14.1. The normalized spacial score (nSPS) is 11.3. The molecule has 156 valence electrons. The van der Waals surface area contributed by atoms with Crippen molar-refractivity contribution in [3.05, 3.63) is 102 Å². The van der Waals surface area contributed by atoms with Crippen LogP contribution in [0.4, 0.5) is 0 Å². The fourth-order valence-electron chi connectivity index (χ4n) is 3.12. The smallest absolute Gasteiger partial charge is 0.282 e. The predicted molar refractivity (Wildman–Crippen MR) is 136 cm³/mol. The van der Waals surface area contributed by atoms with Crippen molar-refractivity contribution in [1.29, 1.82) is 0 Å². The molecule has 0 bridgehead atoms. The van der Waals surface area contributed by atoms with Gasteiger partial charge >= 0.3 is 0 Å². The van der Waals surface area contributed by atoms with Crippen LogP contribution in [0.15, 0.2) is 81.1 Å². The molecular weight excluding hydrogens is 569 g/mol. The molecule has 5 nitrogen and oxygen atoms in total. The Morgan fingerprint density at radius 1 is 1.13 bits per heavy atom. The molecule has 0 saturated heterocycles. The molecule has 0 N–H and O–H groups in total. The second-order valence-electron chi connectivity index (χ2n) is 6.87. The number of fused-ring (bicyclic) bond motifs is 1. The first kappa shape index (κ1) is 21.7. The Morgan fingerprint density at radius 3 is 2.68 bits per heavy atom. The molecule has 0 fully saturated rings. The van der Waals surface area contributed by atoms with Gasteiger partial charge in [0.2, 0.25) is 0 Å². The summed E-state index contributed by atoms with van der Waals surface area (Å²) >= 11 is 5.66. The lowest BCUT2D eigenvalue weighted by Gasteiger charge is -2.09. The summed E-state index contributed by atoms with van der Waals surface area (Å²) in [5.74, 6) is 1.43. The average Bonchev–Trinajstić information content (AvgIpc) is 2.78. The van der Waals surface area contributed by atoms with Crippen LogP contribution in [-0.4, -0.2) is 15.9 Å². The SMILES string of the molecule is CCc1nc2ccc(Br)cc2c(=O)n1N=Cc1ccc(OCc2ccccc2)c(I)c1. The maximum absolute atomic E-state index is 13.0. The van der Waals surface area contributed by atoms with Crippen molar-refractivity contribution >= 4 is 55.6 Å². The van der Waals surface area contributed by atoms with Gasteiger partial charge in [-0.1, -0.05) is 53.2 Å². The molecule has 1 heterocycles. The van der Waals surface area contributed by atoms with Crippen molar-refractivity contribution in [1.82, 2.24) is 9.66 Å². The van der Waals surface area contributed by atoms with Crippen LogP contribution in [0.1, 0.15) is 23.9 Å². The standard InChI is InChI=1S/C24H19BrIN3O2/c1-2-23-28-21-10-9-18(25)13-19(21)24(30)29(23)27-14-17-8-11-22(20(26)12-17)31-15-16-6-4-3-5-7-16/h3-14H,2,15H2,1H3. The molecule has 4 aromatic rings. The molecule has 0 aliphatic rings. The van der Waals surface area contributed by atoms with Gasteiger partial charge < -0.3 is 4.74 Å². The third-order valence-electron chi connectivity index (χ3n) is 4.71. The van der Waals surface area contributed by atoms with Crippen LogP contribution >= 0.6 is 38.5 Å². The van der Waals surface area contributed by atoms with Gasteiger partial charge in [0.25, 0.3) is 5.56 Å². The van der Waals surface area contributed by atoms with E-state index in [-0.39, 0.29) is 5.56 Å². The van der Waals surface area contributed by atoms with Gasteiger partial charge in [0, 0.05) is 10.9 Å². The number of hydrogen-bond donors (Lipinski definition) is 0. The number of benzene rings is 3. The Morgan fingerprint density at radius 2 is 1.94 bits per heavy atom. The van der Waals surface area contributed by atoms with Crippen molar-refractivity contribution in [3.8, 4) is 5.75 Å². The highest BCUT2D eigenvalue weighted by Crippen LogP contribution is 2.23. The Kier molecular flexibility index (Phi) is 6.82. The number of halogens is 2. The number of nitrogens with zero attached hydrogens (tertiary/aromatic N) is 3. The van der Waals surface area contributed by atoms with E-state index in [0.717, 1.165) is 24.9 Å². The van der Waals surface area contributed by atoms with Gasteiger partial charge in [-0.3, -0.25) is 4.79 Å². The zero-order chi connectivity index (χ0) is 21.8. The molecule has 0 amide bonds. The lowest BCUT2D eigenvalue weighted by atomic mass is 10.2. The van der Waals surface area contributed by atoms with Crippen molar-refractivity contribution in [2.45, 2.75) is 20.0 Å². The summed E-state index contributed by atoms with van der Waals surface area (Å²) in [4.78, 5) is 17.6. The topological polar surface area (TPSA) is 56.5 Å². The van der Waals surface area contributed by atoms with E-state index in [0.29, 0.717) is 29.8 Å². The van der Waals surface area contributed by atoms with Gasteiger partial charge in [-0.25, -0.2) is 4.98 Å². The number of hydrogen-bond acceptors (Lipinski definition) is 4. The first-order valence-electron chi connectivity index (χ1n) is 9.77. The van der Waals surface area contributed by atoms with Gasteiger partial charge in [-0.2, -0.15) is 9.78 Å². The van der Waals surface area contributed by atoms with Gasteiger partial charge in [0.05, 0.1) is 20.7 Å². The Labute approximate surface area is 202 Å². The first-order chi connectivity index (χ1) is 15.0. The quantitative estimate of drug-likeness (QED) is 0.212. The van der Waals surface area contributed by atoms with E-state index in [2.05, 4.69) is 48.6 Å². The summed E-state index contributed by atoms with van der Waals surface area (Å²) in [6.07, 6.45) is 2.28. The van der Waals surface area contributed by atoms with E-state index in [9.17, 15) is 4.79 Å². The number of aryl methyl sites for hydroxylation is 1. The second kappa shape index (κ2) is 9.74. The molecule has 0 radical (unpaired) electrons. The van der Waals surface area contributed by atoms with Gasteiger partial charge in [0.1, 0.15) is 18.2 Å². The summed E-state index contributed by atoms with van der Waals surface area (Å²) in [5.41, 5.74) is 2.48. The molecule has 0 unspecified atom stereocenters. The first-order valence-corrected chi connectivity index (χ1v) is 11.6. The third-order valence-corrected chi connectivity index (χ3v) is 6.04. The molecule has 1 aromatic heterocycles. The maximum atomic E-state index is 13.0. The molecule has 7 heteroatoms. The molecule has 0 aliphatic carbocycles. The van der Waals surface area contributed by atoms with Crippen molar-refractivity contribution in [3.63, 3.8) is 0 Å². The molecule has 0 saturated carbocycles. The zero-order valence-electron chi connectivity index (χ0n) is 16.8. The fraction of sp³-hybridized carbons (Fsp3) is 0.125. The van der Waals surface area contributed by atoms with E-state index in [1.807, 2.05) is 67.6 Å². The van der Waals surface area contributed by atoms with Gasteiger partial charge in [-0.05, 0) is 70.1 Å². The second-order valence-corrected chi connectivity index (χ2v) is 8.95. The minimum Gasteiger partial charge on any atom is -0.488 e. The van der Waals surface area contributed by atoms with Gasteiger partial charge in [-0.15, -0.1) is 0 Å². The van der Waals surface area contributed by atoms with Crippen LogP contribution < -0.4 is 10.3 Å². The molecule has 31 heavy (non-hydrogen) atoms. The third kappa shape index (κ3) is 5.04. The number of ether oxygens (including phenoxy) is 1. The molecule has 3 aromatic carbocycles. The van der Waals surface area contributed by atoms with Gasteiger partial charge in [0.15, 0.2) is 0 Å². The summed E-state index contributed by atoms with van der Waals surface area (Å²) in [7, 11) is 0. The monoisotopic (exact) mass is 587 g/mol. The maximum Gasteiger partial charge on any atom is 0.282 e. The van der Waals surface area contributed by atoms with Crippen LogP contribution in [0, 0.1) is 3.57 Å². The predicted octanol–water partition coefficient (Wildman–Crippen LogP) is 5.79. The lowest BCUT2D eigenvalue weighted by molar-refractivity contribution is 0.304. The molecule has 0 spiro atoms. The summed E-state index contributed by atoms with van der Waals surface area (Å²) in [5, 5.41) is 4.98. The molecule has 0 atom stereocenters. The molecule has 4 rings (SSSR count). The fourth-order valence-corrected chi connectivity index (χ4v) is 4.17. The van der Waals surface area contributed by atoms with E-state index in [4.69, 9.17) is 4.74 Å². The molecular formula is C24H19BrIN3O2.